The van der Waals surface area contributed by atoms with Gasteiger partial charge in [-0.05, 0) is 35.0 Å². The lowest BCUT2D eigenvalue weighted by atomic mass is 10.0. The van der Waals surface area contributed by atoms with E-state index in [2.05, 4.69) is 4.99 Å². The van der Waals surface area contributed by atoms with Crippen LogP contribution in [0, 0.1) is 0 Å². The summed E-state index contributed by atoms with van der Waals surface area (Å²) in [4.78, 5) is 17.9. The van der Waals surface area contributed by atoms with E-state index in [1.807, 2.05) is 41.0 Å². The van der Waals surface area contributed by atoms with E-state index in [9.17, 15) is 13.2 Å². The van der Waals surface area contributed by atoms with Crippen LogP contribution in [0.15, 0.2) is 70.6 Å². The number of fused-ring (bicyclic) bond motifs is 2. The normalized spacial score (nSPS) is 12.7. The summed E-state index contributed by atoms with van der Waals surface area (Å²) >= 11 is 1.23. The lowest BCUT2D eigenvalue weighted by Crippen LogP contribution is -2.19. The van der Waals surface area contributed by atoms with Crippen molar-refractivity contribution in [3.63, 3.8) is 0 Å². The lowest BCUT2D eigenvalue weighted by Gasteiger charge is -2.05. The molecule has 0 aliphatic rings. The minimum Gasteiger partial charge on any atom is -0.383 e. The van der Waals surface area contributed by atoms with Gasteiger partial charge in [0.25, 0.3) is 5.91 Å². The Labute approximate surface area is 177 Å². The number of carbonyl (C=O) groups is 1. The van der Waals surface area contributed by atoms with Gasteiger partial charge in [-0.2, -0.15) is 4.99 Å². The minimum absolute atomic E-state index is 0.0158. The number of hydrogen-bond donors (Lipinski definition) is 1. The summed E-state index contributed by atoms with van der Waals surface area (Å²) in [7, 11) is -2.24. The van der Waals surface area contributed by atoms with Gasteiger partial charge in [-0.25, -0.2) is 13.6 Å². The zero-order valence-corrected chi connectivity index (χ0v) is 17.7. The van der Waals surface area contributed by atoms with Crippen molar-refractivity contribution in [1.29, 1.82) is 0 Å². The second-order valence-electron chi connectivity index (χ2n) is 6.65. The van der Waals surface area contributed by atoms with Gasteiger partial charge >= 0.3 is 0 Å². The second-order valence-corrected chi connectivity index (χ2v) is 9.22. The Kier molecular flexibility index (Phi) is 5.52. The van der Waals surface area contributed by atoms with Gasteiger partial charge in [0.1, 0.15) is 0 Å². The van der Waals surface area contributed by atoms with Crippen LogP contribution in [0.5, 0.6) is 0 Å². The van der Waals surface area contributed by atoms with E-state index < -0.39 is 10.0 Å². The van der Waals surface area contributed by atoms with Gasteiger partial charge in [-0.15, -0.1) is 0 Å². The number of nitrogens with zero attached hydrogens (tertiary/aromatic N) is 2. The first-order chi connectivity index (χ1) is 14.4. The van der Waals surface area contributed by atoms with Crippen LogP contribution in [0.1, 0.15) is 10.4 Å². The van der Waals surface area contributed by atoms with Crippen LogP contribution in [0.2, 0.25) is 0 Å². The number of methoxy groups -OCH3 is 1. The van der Waals surface area contributed by atoms with Crippen molar-refractivity contribution in [3.05, 3.63) is 71.0 Å². The average Bonchev–Trinajstić information content (AvgIpc) is 3.07. The highest BCUT2D eigenvalue weighted by atomic mass is 32.2. The zero-order valence-electron chi connectivity index (χ0n) is 16.1. The third kappa shape index (κ3) is 3.92. The van der Waals surface area contributed by atoms with Crippen LogP contribution in [0.4, 0.5) is 0 Å². The van der Waals surface area contributed by atoms with E-state index in [1.54, 1.807) is 19.2 Å². The first kappa shape index (κ1) is 20.4. The number of thiazole rings is 1. The fourth-order valence-electron chi connectivity index (χ4n) is 3.27. The Morgan fingerprint density at radius 2 is 1.90 bits per heavy atom. The Bertz CT molecular complexity index is 1430. The summed E-state index contributed by atoms with van der Waals surface area (Å²) < 4.78 is 31.1. The van der Waals surface area contributed by atoms with E-state index >= 15 is 0 Å². The standard InChI is InChI=1S/C21H19N3O4S2/c1-28-12-11-24-18-10-9-15(30(22,26)27)13-19(18)29-21(24)23-20(25)17-8-4-6-14-5-2-3-7-16(14)17/h2-10,13H,11-12H2,1H3,(H2,22,26,27). The summed E-state index contributed by atoms with van der Waals surface area (Å²) in [5.74, 6) is -0.365. The smallest absolute Gasteiger partial charge is 0.280 e. The Hall–Kier alpha value is -2.85. The molecule has 9 heteroatoms. The van der Waals surface area contributed by atoms with Crippen LogP contribution in [-0.2, 0) is 21.3 Å². The molecule has 30 heavy (non-hydrogen) atoms. The number of ether oxygens (including phenoxy) is 1. The SMILES string of the molecule is COCCn1c(=NC(=O)c2cccc3ccccc23)sc2cc(S(N)(=O)=O)ccc21. The molecule has 7 nitrogen and oxygen atoms in total. The lowest BCUT2D eigenvalue weighted by molar-refractivity contribution is 0.0999. The van der Waals surface area contributed by atoms with Crippen molar-refractivity contribution in [3.8, 4) is 0 Å². The van der Waals surface area contributed by atoms with Gasteiger partial charge in [0.2, 0.25) is 10.0 Å². The largest absolute Gasteiger partial charge is 0.383 e. The molecule has 0 aliphatic carbocycles. The van der Waals surface area contributed by atoms with Crippen molar-refractivity contribution in [2.24, 2.45) is 10.1 Å². The van der Waals surface area contributed by atoms with E-state index in [0.29, 0.717) is 28.2 Å². The first-order valence-electron chi connectivity index (χ1n) is 9.10. The van der Waals surface area contributed by atoms with Crippen molar-refractivity contribution in [2.45, 2.75) is 11.4 Å². The van der Waals surface area contributed by atoms with Gasteiger partial charge in [0.05, 0.1) is 21.7 Å². The molecule has 1 amide bonds. The van der Waals surface area contributed by atoms with Crippen LogP contribution >= 0.6 is 11.3 Å². The van der Waals surface area contributed by atoms with Crippen LogP contribution < -0.4 is 9.94 Å². The predicted molar refractivity (Wildman–Crippen MR) is 117 cm³/mol. The van der Waals surface area contributed by atoms with E-state index in [4.69, 9.17) is 9.88 Å². The molecule has 1 aromatic heterocycles. The Morgan fingerprint density at radius 1 is 1.13 bits per heavy atom. The highest BCUT2D eigenvalue weighted by Crippen LogP contribution is 2.22. The van der Waals surface area contributed by atoms with Gasteiger partial charge in [0.15, 0.2) is 4.80 Å². The van der Waals surface area contributed by atoms with E-state index in [0.717, 1.165) is 16.3 Å². The number of amides is 1. The predicted octanol–water partition coefficient (Wildman–Crippen LogP) is 2.89. The van der Waals surface area contributed by atoms with Gasteiger partial charge in [0, 0.05) is 19.2 Å². The molecule has 0 aliphatic heterocycles. The zero-order chi connectivity index (χ0) is 21.3. The maximum absolute atomic E-state index is 13.0. The van der Waals surface area contributed by atoms with Gasteiger partial charge in [-0.1, -0.05) is 47.7 Å². The summed E-state index contributed by atoms with van der Waals surface area (Å²) in [5.41, 5.74) is 1.27. The van der Waals surface area contributed by atoms with Crippen molar-refractivity contribution >= 4 is 48.3 Å². The summed E-state index contributed by atoms with van der Waals surface area (Å²) in [5, 5.41) is 7.04. The van der Waals surface area contributed by atoms with Crippen molar-refractivity contribution < 1.29 is 17.9 Å². The molecule has 0 unspecified atom stereocenters. The molecule has 0 spiro atoms. The van der Waals surface area contributed by atoms with Gasteiger partial charge < -0.3 is 9.30 Å². The van der Waals surface area contributed by atoms with Crippen LogP contribution in [-0.4, -0.2) is 32.6 Å². The molecule has 3 aromatic carbocycles. The number of carbonyl (C=O) groups excluding carboxylic acids is 1. The number of rotatable bonds is 5. The maximum Gasteiger partial charge on any atom is 0.280 e. The monoisotopic (exact) mass is 441 g/mol. The molecule has 0 saturated heterocycles. The van der Waals surface area contributed by atoms with E-state index in [1.165, 1.54) is 23.5 Å². The van der Waals surface area contributed by atoms with E-state index in [-0.39, 0.29) is 10.8 Å². The number of nitrogens with two attached hydrogens (primary N) is 1. The van der Waals surface area contributed by atoms with Crippen molar-refractivity contribution in [1.82, 2.24) is 4.57 Å². The minimum atomic E-state index is -3.83. The number of hydrogen-bond acceptors (Lipinski definition) is 5. The third-order valence-corrected chi connectivity index (χ3v) is 6.67. The fraction of sp³-hybridized carbons (Fsp3) is 0.143. The number of sulfonamides is 1. The summed E-state index contributed by atoms with van der Waals surface area (Å²) in [6, 6.07) is 17.8. The molecular formula is C21H19N3O4S2. The topological polar surface area (TPSA) is 104 Å². The Morgan fingerprint density at radius 3 is 2.67 bits per heavy atom. The summed E-state index contributed by atoms with van der Waals surface area (Å²) in [6.07, 6.45) is 0. The quantitative estimate of drug-likeness (QED) is 0.514. The molecular weight excluding hydrogens is 422 g/mol. The molecule has 2 N–H and O–H groups in total. The van der Waals surface area contributed by atoms with Crippen LogP contribution in [0.3, 0.4) is 0 Å². The molecule has 0 saturated carbocycles. The number of benzene rings is 3. The van der Waals surface area contributed by atoms with Crippen LogP contribution in [0.25, 0.3) is 21.0 Å². The highest BCUT2D eigenvalue weighted by Gasteiger charge is 2.14. The average molecular weight is 442 g/mol. The summed E-state index contributed by atoms with van der Waals surface area (Å²) in [6.45, 7) is 0.880. The second kappa shape index (κ2) is 8.11. The molecule has 0 fully saturated rings. The molecule has 4 aromatic rings. The molecule has 0 atom stereocenters. The Balaban J connectivity index is 1.89. The van der Waals surface area contributed by atoms with Crippen molar-refractivity contribution in [2.75, 3.05) is 13.7 Å². The molecule has 0 radical (unpaired) electrons. The molecule has 154 valence electrons. The third-order valence-electron chi connectivity index (χ3n) is 4.72. The molecule has 1 heterocycles. The maximum atomic E-state index is 13.0. The van der Waals surface area contributed by atoms with Gasteiger partial charge in [-0.3, -0.25) is 4.79 Å². The molecule has 4 rings (SSSR count). The highest BCUT2D eigenvalue weighted by molar-refractivity contribution is 7.89. The molecule has 0 bridgehead atoms. The number of aromatic nitrogens is 1. The fourth-order valence-corrected chi connectivity index (χ4v) is 4.98. The first-order valence-corrected chi connectivity index (χ1v) is 11.5. The number of primary sulfonamides is 1.